The molecule has 0 spiro atoms. The van der Waals surface area contributed by atoms with Gasteiger partial charge < -0.3 is 10.1 Å². The second-order valence-electron chi connectivity index (χ2n) is 4.97. The molecule has 0 aliphatic carbocycles. The van der Waals surface area contributed by atoms with Crippen molar-refractivity contribution in [3.05, 3.63) is 54.6 Å². The SMILES string of the molecule is COCCCNc1c2ccccc2cc2ccccc12. The molecule has 0 heterocycles. The molecule has 0 radical (unpaired) electrons. The molecule has 3 rings (SSSR count). The zero-order chi connectivity index (χ0) is 13.8. The Kier molecular flexibility index (Phi) is 3.84. The van der Waals surface area contributed by atoms with Gasteiger partial charge in [0.1, 0.15) is 0 Å². The Bertz CT molecular complexity index is 667. The lowest BCUT2D eigenvalue weighted by Crippen LogP contribution is -2.05. The third-order valence-corrected chi connectivity index (χ3v) is 3.60. The van der Waals surface area contributed by atoms with E-state index in [1.54, 1.807) is 7.11 Å². The first-order chi connectivity index (χ1) is 9.90. The Morgan fingerprint density at radius 3 is 2.10 bits per heavy atom. The number of hydrogen-bond acceptors (Lipinski definition) is 2. The smallest absolute Gasteiger partial charge is 0.0499 e. The summed E-state index contributed by atoms with van der Waals surface area (Å²) in [6, 6.07) is 19.3. The van der Waals surface area contributed by atoms with Gasteiger partial charge in [0, 0.05) is 36.7 Å². The first kappa shape index (κ1) is 12.9. The molecular weight excluding hydrogens is 246 g/mol. The van der Waals surface area contributed by atoms with Gasteiger partial charge in [0.05, 0.1) is 0 Å². The standard InChI is InChI=1S/C18H19NO/c1-20-12-6-11-19-18-16-9-4-2-7-14(16)13-15-8-3-5-10-17(15)18/h2-5,7-10,13,19H,6,11-12H2,1H3. The Labute approximate surface area is 119 Å². The Balaban J connectivity index is 2.08. The van der Waals surface area contributed by atoms with E-state index < -0.39 is 0 Å². The summed E-state index contributed by atoms with van der Waals surface area (Å²) in [7, 11) is 1.74. The fraction of sp³-hybridized carbons (Fsp3) is 0.222. The number of nitrogens with one attached hydrogen (secondary N) is 1. The molecule has 102 valence electrons. The Morgan fingerprint density at radius 1 is 0.900 bits per heavy atom. The summed E-state index contributed by atoms with van der Waals surface area (Å²) in [5, 5.41) is 8.70. The number of rotatable bonds is 5. The lowest BCUT2D eigenvalue weighted by Gasteiger charge is -2.13. The van der Waals surface area contributed by atoms with Crippen molar-refractivity contribution in [3.8, 4) is 0 Å². The van der Waals surface area contributed by atoms with E-state index in [9.17, 15) is 0 Å². The molecule has 0 aliphatic heterocycles. The highest BCUT2D eigenvalue weighted by molar-refractivity contribution is 6.10. The Hall–Kier alpha value is -2.06. The first-order valence-electron chi connectivity index (χ1n) is 7.03. The molecule has 0 saturated carbocycles. The molecule has 0 aromatic heterocycles. The second kappa shape index (κ2) is 5.93. The number of fused-ring (bicyclic) bond motifs is 2. The summed E-state index contributed by atoms with van der Waals surface area (Å²) in [5.41, 5.74) is 1.23. The summed E-state index contributed by atoms with van der Waals surface area (Å²) >= 11 is 0. The van der Waals surface area contributed by atoms with Crippen molar-refractivity contribution in [1.82, 2.24) is 0 Å². The van der Waals surface area contributed by atoms with Gasteiger partial charge in [0.15, 0.2) is 0 Å². The predicted octanol–water partition coefficient (Wildman–Crippen LogP) is 4.44. The highest BCUT2D eigenvalue weighted by Gasteiger charge is 2.06. The molecule has 0 bridgehead atoms. The van der Waals surface area contributed by atoms with E-state index in [1.165, 1.54) is 27.2 Å². The molecule has 2 nitrogen and oxygen atoms in total. The number of hydrogen-bond donors (Lipinski definition) is 1. The van der Waals surface area contributed by atoms with Crippen LogP contribution in [0.4, 0.5) is 5.69 Å². The zero-order valence-corrected chi connectivity index (χ0v) is 11.7. The van der Waals surface area contributed by atoms with Gasteiger partial charge in [-0.05, 0) is 23.3 Å². The maximum absolute atomic E-state index is 5.11. The Morgan fingerprint density at radius 2 is 1.50 bits per heavy atom. The van der Waals surface area contributed by atoms with Crippen molar-refractivity contribution < 1.29 is 4.74 Å². The van der Waals surface area contributed by atoms with Crippen LogP contribution in [-0.2, 0) is 4.74 Å². The minimum Gasteiger partial charge on any atom is -0.385 e. The van der Waals surface area contributed by atoms with Gasteiger partial charge in [0.25, 0.3) is 0 Å². The van der Waals surface area contributed by atoms with Crippen LogP contribution >= 0.6 is 0 Å². The number of methoxy groups -OCH3 is 1. The van der Waals surface area contributed by atoms with Crippen LogP contribution in [0.1, 0.15) is 6.42 Å². The van der Waals surface area contributed by atoms with Gasteiger partial charge in [-0.25, -0.2) is 0 Å². The van der Waals surface area contributed by atoms with Crippen molar-refractivity contribution in [1.29, 1.82) is 0 Å². The highest BCUT2D eigenvalue weighted by atomic mass is 16.5. The van der Waals surface area contributed by atoms with Gasteiger partial charge in [-0.15, -0.1) is 0 Å². The fourth-order valence-electron chi connectivity index (χ4n) is 2.63. The van der Waals surface area contributed by atoms with Crippen LogP contribution in [-0.4, -0.2) is 20.3 Å². The average molecular weight is 265 g/mol. The van der Waals surface area contributed by atoms with E-state index in [-0.39, 0.29) is 0 Å². The number of anilines is 1. The van der Waals surface area contributed by atoms with E-state index in [0.717, 1.165) is 19.6 Å². The molecule has 0 aliphatic rings. The number of benzene rings is 3. The third-order valence-electron chi connectivity index (χ3n) is 3.60. The van der Waals surface area contributed by atoms with Crippen LogP contribution in [0.25, 0.3) is 21.5 Å². The van der Waals surface area contributed by atoms with Crippen molar-refractivity contribution in [2.75, 3.05) is 25.6 Å². The van der Waals surface area contributed by atoms with Gasteiger partial charge in [-0.2, -0.15) is 0 Å². The quantitative estimate of drug-likeness (QED) is 0.544. The molecule has 3 aromatic carbocycles. The predicted molar refractivity (Wildman–Crippen MR) is 86.4 cm³/mol. The van der Waals surface area contributed by atoms with Crippen LogP contribution < -0.4 is 5.32 Å². The summed E-state index contributed by atoms with van der Waals surface area (Å²) < 4.78 is 5.11. The normalized spacial score (nSPS) is 11.1. The van der Waals surface area contributed by atoms with Gasteiger partial charge in [-0.3, -0.25) is 0 Å². The highest BCUT2D eigenvalue weighted by Crippen LogP contribution is 2.32. The van der Waals surface area contributed by atoms with Gasteiger partial charge in [-0.1, -0.05) is 48.5 Å². The largest absolute Gasteiger partial charge is 0.385 e. The van der Waals surface area contributed by atoms with E-state index in [1.807, 2.05) is 0 Å². The van der Waals surface area contributed by atoms with Crippen molar-refractivity contribution in [2.24, 2.45) is 0 Å². The molecule has 0 unspecified atom stereocenters. The van der Waals surface area contributed by atoms with E-state index in [0.29, 0.717) is 0 Å². The third kappa shape index (κ3) is 2.47. The van der Waals surface area contributed by atoms with Crippen LogP contribution in [0, 0.1) is 0 Å². The molecular formula is C18H19NO. The maximum atomic E-state index is 5.11. The van der Waals surface area contributed by atoms with Crippen LogP contribution in [0.3, 0.4) is 0 Å². The second-order valence-corrected chi connectivity index (χ2v) is 4.97. The fourth-order valence-corrected chi connectivity index (χ4v) is 2.63. The summed E-state index contributed by atoms with van der Waals surface area (Å²) in [5.74, 6) is 0. The van der Waals surface area contributed by atoms with Crippen LogP contribution in [0.2, 0.25) is 0 Å². The molecule has 2 heteroatoms. The summed E-state index contributed by atoms with van der Waals surface area (Å²) in [6.45, 7) is 1.71. The van der Waals surface area contributed by atoms with E-state index in [4.69, 9.17) is 4.74 Å². The molecule has 1 N–H and O–H groups in total. The average Bonchev–Trinajstić information content (AvgIpc) is 2.50. The summed E-state index contributed by atoms with van der Waals surface area (Å²) in [4.78, 5) is 0. The van der Waals surface area contributed by atoms with Crippen LogP contribution in [0.15, 0.2) is 54.6 Å². The zero-order valence-electron chi connectivity index (χ0n) is 11.7. The monoisotopic (exact) mass is 265 g/mol. The molecule has 0 saturated heterocycles. The topological polar surface area (TPSA) is 21.3 Å². The van der Waals surface area contributed by atoms with E-state index >= 15 is 0 Å². The van der Waals surface area contributed by atoms with Gasteiger partial charge >= 0.3 is 0 Å². The van der Waals surface area contributed by atoms with Crippen molar-refractivity contribution >= 4 is 27.2 Å². The lowest BCUT2D eigenvalue weighted by molar-refractivity contribution is 0.198. The number of ether oxygens (including phenoxy) is 1. The molecule has 0 fully saturated rings. The molecule has 0 atom stereocenters. The first-order valence-corrected chi connectivity index (χ1v) is 7.03. The van der Waals surface area contributed by atoms with E-state index in [2.05, 4.69) is 59.9 Å². The molecule has 3 aromatic rings. The lowest BCUT2D eigenvalue weighted by atomic mass is 10.0. The van der Waals surface area contributed by atoms with Gasteiger partial charge in [0.2, 0.25) is 0 Å². The maximum Gasteiger partial charge on any atom is 0.0499 e. The van der Waals surface area contributed by atoms with Crippen molar-refractivity contribution in [2.45, 2.75) is 6.42 Å². The minimum atomic E-state index is 0.787. The minimum absolute atomic E-state index is 0.787. The molecule has 0 amide bonds. The summed E-state index contributed by atoms with van der Waals surface area (Å²) in [6.07, 6.45) is 1.01. The molecule has 20 heavy (non-hydrogen) atoms. The van der Waals surface area contributed by atoms with Crippen LogP contribution in [0.5, 0.6) is 0 Å². The van der Waals surface area contributed by atoms with Crippen molar-refractivity contribution in [3.63, 3.8) is 0 Å².